The Kier molecular flexibility index (Phi) is 2.86. The molecule has 1 N–H and O–H groups in total. The predicted molar refractivity (Wildman–Crippen MR) is 57.1 cm³/mol. The summed E-state index contributed by atoms with van der Waals surface area (Å²) in [5.74, 6) is 0.398. The van der Waals surface area contributed by atoms with E-state index in [1.807, 2.05) is 0 Å². The molecular formula is C11H10N2O3. The highest BCUT2D eigenvalue weighted by molar-refractivity contribution is 5.70. The number of nitrogens with zero attached hydrogens (tertiary/aromatic N) is 2. The van der Waals surface area contributed by atoms with Gasteiger partial charge >= 0.3 is 5.97 Å². The predicted octanol–water partition coefficient (Wildman–Crippen LogP) is 1.95. The molecule has 0 spiro atoms. The number of carboxylic acids is 1. The second kappa shape index (κ2) is 4.48. The van der Waals surface area contributed by atoms with Crippen LogP contribution >= 0.6 is 0 Å². The van der Waals surface area contributed by atoms with E-state index in [1.54, 1.807) is 47.6 Å². The van der Waals surface area contributed by atoms with E-state index in [9.17, 15) is 4.79 Å². The Bertz CT molecular complexity index is 497. The van der Waals surface area contributed by atoms with E-state index in [0.29, 0.717) is 11.6 Å². The summed E-state index contributed by atoms with van der Waals surface area (Å²) < 4.78 is 7.18. The van der Waals surface area contributed by atoms with Crippen molar-refractivity contribution in [2.45, 2.75) is 6.42 Å². The van der Waals surface area contributed by atoms with Gasteiger partial charge in [-0.1, -0.05) is 6.08 Å². The van der Waals surface area contributed by atoms with Crippen LogP contribution in [0.2, 0.25) is 0 Å². The molecule has 0 fully saturated rings. The SMILES string of the molecule is O=C(O)CC=Cc1ccc(-n2ccnc2)o1. The molecule has 5 nitrogen and oxygen atoms in total. The molecule has 0 atom stereocenters. The average molecular weight is 218 g/mol. The molecule has 0 amide bonds. The van der Waals surface area contributed by atoms with Gasteiger partial charge < -0.3 is 9.52 Å². The molecule has 0 unspecified atom stereocenters. The van der Waals surface area contributed by atoms with Crippen LogP contribution in [0.4, 0.5) is 0 Å². The number of hydrogen-bond acceptors (Lipinski definition) is 3. The van der Waals surface area contributed by atoms with Crippen LogP contribution in [-0.2, 0) is 4.79 Å². The van der Waals surface area contributed by atoms with E-state index in [1.165, 1.54) is 0 Å². The van der Waals surface area contributed by atoms with Crippen LogP contribution in [0.15, 0.2) is 41.3 Å². The maximum Gasteiger partial charge on any atom is 0.307 e. The zero-order valence-electron chi connectivity index (χ0n) is 8.41. The molecule has 0 aliphatic rings. The molecular weight excluding hydrogens is 208 g/mol. The summed E-state index contributed by atoms with van der Waals surface area (Å²) in [7, 11) is 0. The number of carboxylic acid groups (broad SMARTS) is 1. The largest absolute Gasteiger partial charge is 0.481 e. The van der Waals surface area contributed by atoms with Gasteiger partial charge in [0.2, 0.25) is 5.88 Å². The monoisotopic (exact) mass is 218 g/mol. The van der Waals surface area contributed by atoms with Gasteiger partial charge in [-0.05, 0) is 12.1 Å². The Hall–Kier alpha value is -2.30. The van der Waals surface area contributed by atoms with Crippen LogP contribution in [0.25, 0.3) is 12.0 Å². The van der Waals surface area contributed by atoms with E-state index in [4.69, 9.17) is 9.52 Å². The normalized spacial score (nSPS) is 11.0. The van der Waals surface area contributed by atoms with Gasteiger partial charge in [0.05, 0.1) is 6.42 Å². The van der Waals surface area contributed by atoms with Crippen molar-refractivity contribution >= 4 is 12.0 Å². The van der Waals surface area contributed by atoms with E-state index in [-0.39, 0.29) is 6.42 Å². The highest BCUT2D eigenvalue weighted by Crippen LogP contribution is 2.13. The van der Waals surface area contributed by atoms with Gasteiger partial charge in [-0.2, -0.15) is 0 Å². The minimum absolute atomic E-state index is 0.0128. The zero-order chi connectivity index (χ0) is 11.4. The molecule has 0 aromatic carbocycles. The van der Waals surface area contributed by atoms with Gasteiger partial charge in [0.1, 0.15) is 12.1 Å². The van der Waals surface area contributed by atoms with Crippen molar-refractivity contribution in [2.75, 3.05) is 0 Å². The number of aromatic nitrogens is 2. The molecule has 2 aromatic rings. The van der Waals surface area contributed by atoms with Crippen molar-refractivity contribution in [2.24, 2.45) is 0 Å². The van der Waals surface area contributed by atoms with Crippen LogP contribution in [0.5, 0.6) is 0 Å². The maximum atomic E-state index is 10.3. The maximum absolute atomic E-state index is 10.3. The highest BCUT2D eigenvalue weighted by Gasteiger charge is 2.00. The first kappa shape index (κ1) is 10.2. The minimum atomic E-state index is -0.863. The number of furan rings is 1. The van der Waals surface area contributed by atoms with Crippen molar-refractivity contribution in [3.8, 4) is 5.88 Å². The van der Waals surface area contributed by atoms with E-state index < -0.39 is 5.97 Å². The fourth-order valence-electron chi connectivity index (χ4n) is 1.24. The molecule has 2 heterocycles. The third-order valence-electron chi connectivity index (χ3n) is 1.95. The lowest BCUT2D eigenvalue weighted by molar-refractivity contribution is -0.135. The van der Waals surface area contributed by atoms with Gasteiger partial charge in [0.25, 0.3) is 0 Å². The van der Waals surface area contributed by atoms with Crippen molar-refractivity contribution in [1.29, 1.82) is 0 Å². The third kappa shape index (κ3) is 2.38. The van der Waals surface area contributed by atoms with Crippen molar-refractivity contribution in [3.05, 3.63) is 42.7 Å². The van der Waals surface area contributed by atoms with E-state index in [0.717, 1.165) is 0 Å². The summed E-state index contributed by atoms with van der Waals surface area (Å²) in [6, 6.07) is 3.57. The number of rotatable bonds is 4. The molecule has 16 heavy (non-hydrogen) atoms. The Morgan fingerprint density at radius 1 is 1.56 bits per heavy atom. The van der Waals surface area contributed by atoms with Crippen molar-refractivity contribution in [1.82, 2.24) is 9.55 Å². The summed E-state index contributed by atoms with van der Waals surface area (Å²) in [5.41, 5.74) is 0. The highest BCUT2D eigenvalue weighted by atomic mass is 16.4. The fourth-order valence-corrected chi connectivity index (χ4v) is 1.24. The minimum Gasteiger partial charge on any atom is -0.481 e. The van der Waals surface area contributed by atoms with Crippen LogP contribution in [0, 0.1) is 0 Å². The number of aliphatic carboxylic acids is 1. The van der Waals surface area contributed by atoms with E-state index in [2.05, 4.69) is 4.98 Å². The first-order valence-electron chi connectivity index (χ1n) is 4.72. The van der Waals surface area contributed by atoms with Crippen LogP contribution < -0.4 is 0 Å². The molecule has 0 aliphatic carbocycles. The van der Waals surface area contributed by atoms with Crippen LogP contribution in [0.1, 0.15) is 12.2 Å². The Morgan fingerprint density at radius 2 is 2.44 bits per heavy atom. The molecule has 0 radical (unpaired) electrons. The van der Waals surface area contributed by atoms with Gasteiger partial charge in [-0.25, -0.2) is 4.98 Å². The van der Waals surface area contributed by atoms with Gasteiger partial charge in [0.15, 0.2) is 0 Å². The summed E-state index contributed by atoms with van der Waals surface area (Å²) >= 11 is 0. The molecule has 82 valence electrons. The molecule has 0 saturated heterocycles. The summed E-state index contributed by atoms with van der Waals surface area (Å²) in [6.45, 7) is 0. The summed E-state index contributed by atoms with van der Waals surface area (Å²) in [4.78, 5) is 14.2. The lowest BCUT2D eigenvalue weighted by Gasteiger charge is -1.93. The number of carbonyl (C=O) groups is 1. The quantitative estimate of drug-likeness (QED) is 0.851. The Balaban J connectivity index is 2.08. The fraction of sp³-hybridized carbons (Fsp3) is 0.0909. The summed E-state index contributed by atoms with van der Waals surface area (Å²) in [5, 5.41) is 8.45. The summed E-state index contributed by atoms with van der Waals surface area (Å²) in [6.07, 6.45) is 8.21. The molecule has 0 bridgehead atoms. The van der Waals surface area contributed by atoms with Gasteiger partial charge in [-0.15, -0.1) is 0 Å². The Labute approximate surface area is 91.6 Å². The molecule has 5 heteroatoms. The molecule has 2 rings (SSSR count). The second-order valence-corrected chi connectivity index (χ2v) is 3.15. The van der Waals surface area contributed by atoms with E-state index >= 15 is 0 Å². The molecule has 2 aromatic heterocycles. The third-order valence-corrected chi connectivity index (χ3v) is 1.95. The van der Waals surface area contributed by atoms with Crippen LogP contribution in [0.3, 0.4) is 0 Å². The standard InChI is InChI=1S/C11H10N2O3/c14-11(15)3-1-2-9-4-5-10(16-9)13-7-6-12-8-13/h1-2,4-8H,3H2,(H,14,15). The molecule has 0 aliphatic heterocycles. The number of imidazole rings is 1. The lowest BCUT2D eigenvalue weighted by Crippen LogP contribution is -1.89. The topological polar surface area (TPSA) is 68.3 Å². The Morgan fingerprint density at radius 3 is 3.12 bits per heavy atom. The van der Waals surface area contributed by atoms with Crippen molar-refractivity contribution in [3.63, 3.8) is 0 Å². The van der Waals surface area contributed by atoms with Crippen molar-refractivity contribution < 1.29 is 14.3 Å². The average Bonchev–Trinajstić information content (AvgIpc) is 2.85. The number of hydrogen-bond donors (Lipinski definition) is 1. The van der Waals surface area contributed by atoms with Gasteiger partial charge in [-0.3, -0.25) is 9.36 Å². The zero-order valence-corrected chi connectivity index (χ0v) is 8.41. The molecule has 0 saturated carbocycles. The second-order valence-electron chi connectivity index (χ2n) is 3.15. The lowest BCUT2D eigenvalue weighted by atomic mass is 10.3. The first-order valence-corrected chi connectivity index (χ1v) is 4.72. The smallest absolute Gasteiger partial charge is 0.307 e. The van der Waals surface area contributed by atoms with Gasteiger partial charge in [0, 0.05) is 18.5 Å². The first-order chi connectivity index (χ1) is 7.75. The van der Waals surface area contributed by atoms with Crippen LogP contribution in [-0.4, -0.2) is 20.6 Å².